The Hall–Kier alpha value is -1.99. The van der Waals surface area contributed by atoms with Crippen LogP contribution in [-0.4, -0.2) is 21.8 Å². The normalized spacial score (nSPS) is 10.3. The Kier molecular flexibility index (Phi) is 4.01. The van der Waals surface area contributed by atoms with Gasteiger partial charge in [-0.05, 0) is 18.2 Å². The second kappa shape index (κ2) is 5.56. The first kappa shape index (κ1) is 14.4. The summed E-state index contributed by atoms with van der Waals surface area (Å²) < 4.78 is 13.6. The van der Waals surface area contributed by atoms with E-state index < -0.39 is 17.6 Å². The minimum atomic E-state index is -1.31. The molecule has 1 heterocycles. The molecule has 8 heteroatoms. The number of carboxylic acids is 1. The van der Waals surface area contributed by atoms with E-state index in [4.69, 9.17) is 16.7 Å². The van der Waals surface area contributed by atoms with E-state index in [-0.39, 0.29) is 21.4 Å². The van der Waals surface area contributed by atoms with Gasteiger partial charge in [-0.2, -0.15) is 0 Å². The highest BCUT2D eigenvalue weighted by molar-refractivity contribution is 7.17. The van der Waals surface area contributed by atoms with E-state index in [1.807, 2.05) is 0 Å². The first-order valence-corrected chi connectivity index (χ1v) is 6.55. The highest BCUT2D eigenvalue weighted by Gasteiger charge is 2.21. The molecule has 2 aromatic rings. The number of nitrogens with zero attached hydrogens (tertiary/aromatic N) is 1. The first-order valence-electron chi connectivity index (χ1n) is 5.35. The molecule has 20 heavy (non-hydrogen) atoms. The van der Waals surface area contributed by atoms with Gasteiger partial charge < -0.3 is 10.4 Å². The number of hydrogen-bond acceptors (Lipinski definition) is 5. The number of benzene rings is 1. The van der Waals surface area contributed by atoms with Crippen LogP contribution in [0, 0.1) is 5.82 Å². The summed E-state index contributed by atoms with van der Waals surface area (Å²) in [7, 11) is 0. The van der Waals surface area contributed by atoms with Crippen LogP contribution in [0.15, 0.2) is 18.2 Å². The van der Waals surface area contributed by atoms with Gasteiger partial charge in [0.1, 0.15) is 10.7 Å². The molecule has 1 aromatic heterocycles. The highest BCUT2D eigenvalue weighted by Crippen LogP contribution is 2.29. The summed E-state index contributed by atoms with van der Waals surface area (Å²) >= 11 is 6.59. The Labute approximate surface area is 122 Å². The molecule has 0 saturated carbocycles. The number of aromatic nitrogens is 1. The molecule has 5 nitrogen and oxygen atoms in total. The molecule has 0 atom stereocenters. The summed E-state index contributed by atoms with van der Waals surface area (Å²) in [5, 5.41) is 12.0. The van der Waals surface area contributed by atoms with Gasteiger partial charge in [0.15, 0.2) is 16.6 Å². The highest BCUT2D eigenvalue weighted by atomic mass is 35.5. The SMILES string of the molecule is CC(=O)c1sc(Nc2cc(Cl)ccc2F)nc1C(=O)O. The standard InChI is InChI=1S/C12H8ClFN2O3S/c1-5(17)10-9(11(18)19)16-12(20-10)15-8-4-6(13)2-3-7(8)14/h2-4H,1H3,(H,15,16)(H,18,19). The number of hydrogen-bond donors (Lipinski definition) is 2. The fourth-order valence-electron chi connectivity index (χ4n) is 1.47. The number of Topliss-reactive ketones (excluding diaryl/α,β-unsaturated/α-hetero) is 1. The Morgan fingerprint density at radius 3 is 2.70 bits per heavy atom. The number of rotatable bonds is 4. The minimum absolute atomic E-state index is 0.00226. The Morgan fingerprint density at radius 2 is 2.15 bits per heavy atom. The van der Waals surface area contributed by atoms with Crippen molar-refractivity contribution >= 4 is 45.5 Å². The number of ketones is 1. The maximum atomic E-state index is 13.6. The van der Waals surface area contributed by atoms with E-state index in [0.29, 0.717) is 5.02 Å². The zero-order valence-electron chi connectivity index (χ0n) is 10.1. The number of aromatic carboxylic acids is 1. The second-order valence-corrected chi connectivity index (χ2v) is 5.24. The molecule has 0 fully saturated rings. The van der Waals surface area contributed by atoms with E-state index in [0.717, 1.165) is 11.3 Å². The molecular weight excluding hydrogens is 307 g/mol. The molecule has 104 valence electrons. The van der Waals surface area contributed by atoms with E-state index in [9.17, 15) is 14.0 Å². The molecule has 0 aliphatic rings. The van der Waals surface area contributed by atoms with Gasteiger partial charge in [-0.3, -0.25) is 4.79 Å². The number of nitrogens with one attached hydrogen (secondary N) is 1. The molecular formula is C12H8ClFN2O3S. The number of carboxylic acid groups (broad SMARTS) is 1. The summed E-state index contributed by atoms with van der Waals surface area (Å²) in [4.78, 5) is 26.1. The van der Waals surface area contributed by atoms with Gasteiger partial charge in [0.2, 0.25) is 0 Å². The molecule has 0 aliphatic heterocycles. The molecule has 0 unspecified atom stereocenters. The molecule has 0 spiro atoms. The molecule has 2 rings (SSSR count). The van der Waals surface area contributed by atoms with E-state index in [1.165, 1.54) is 25.1 Å². The van der Waals surface area contributed by atoms with Gasteiger partial charge >= 0.3 is 5.97 Å². The Bertz CT molecular complexity index is 671. The topological polar surface area (TPSA) is 79.3 Å². The van der Waals surface area contributed by atoms with Crippen LogP contribution in [-0.2, 0) is 0 Å². The van der Waals surface area contributed by atoms with Gasteiger partial charge in [-0.25, -0.2) is 14.2 Å². The zero-order valence-corrected chi connectivity index (χ0v) is 11.7. The third kappa shape index (κ3) is 2.94. The van der Waals surface area contributed by atoms with Gasteiger partial charge in [0, 0.05) is 11.9 Å². The molecule has 2 N–H and O–H groups in total. The van der Waals surface area contributed by atoms with Crippen LogP contribution < -0.4 is 5.32 Å². The number of halogens is 2. The van der Waals surface area contributed by atoms with Crippen molar-refractivity contribution in [2.24, 2.45) is 0 Å². The average molecular weight is 315 g/mol. The fourth-order valence-corrected chi connectivity index (χ4v) is 2.50. The average Bonchev–Trinajstić information content (AvgIpc) is 2.78. The van der Waals surface area contributed by atoms with Crippen LogP contribution in [0.25, 0.3) is 0 Å². The summed E-state index contributed by atoms with van der Waals surface area (Å²) in [6, 6.07) is 3.89. The summed E-state index contributed by atoms with van der Waals surface area (Å²) in [5.41, 5.74) is -0.300. The van der Waals surface area contributed by atoms with Crippen molar-refractivity contribution < 1.29 is 19.1 Å². The second-order valence-electron chi connectivity index (χ2n) is 3.81. The van der Waals surface area contributed by atoms with Gasteiger partial charge in [-0.1, -0.05) is 22.9 Å². The number of carbonyl (C=O) groups is 2. The zero-order chi connectivity index (χ0) is 14.9. The Morgan fingerprint density at radius 1 is 1.45 bits per heavy atom. The maximum absolute atomic E-state index is 13.6. The van der Waals surface area contributed by atoms with E-state index >= 15 is 0 Å². The van der Waals surface area contributed by atoms with Gasteiger partial charge in [0.05, 0.1) is 5.69 Å². The number of anilines is 2. The molecule has 0 aliphatic carbocycles. The van der Waals surface area contributed by atoms with Crippen molar-refractivity contribution in [3.8, 4) is 0 Å². The molecule has 0 radical (unpaired) electrons. The van der Waals surface area contributed by atoms with Gasteiger partial charge in [-0.15, -0.1) is 0 Å². The lowest BCUT2D eigenvalue weighted by Crippen LogP contribution is -2.03. The summed E-state index contributed by atoms with van der Waals surface area (Å²) in [6.07, 6.45) is 0. The predicted octanol–water partition coefficient (Wildman–Crippen LogP) is 3.58. The third-order valence-corrected chi connectivity index (χ3v) is 3.63. The minimum Gasteiger partial charge on any atom is -0.476 e. The third-order valence-electron chi connectivity index (χ3n) is 2.32. The fraction of sp³-hybridized carbons (Fsp3) is 0.0833. The summed E-state index contributed by atoms with van der Waals surface area (Å²) in [5.74, 6) is -2.29. The van der Waals surface area contributed by atoms with Crippen molar-refractivity contribution in [3.05, 3.63) is 39.6 Å². The largest absolute Gasteiger partial charge is 0.476 e. The Balaban J connectivity index is 2.39. The lowest BCUT2D eigenvalue weighted by Gasteiger charge is -2.04. The van der Waals surface area contributed by atoms with Crippen LogP contribution in [0.3, 0.4) is 0 Å². The van der Waals surface area contributed by atoms with Crippen molar-refractivity contribution in [3.63, 3.8) is 0 Å². The summed E-state index contributed by atoms with van der Waals surface area (Å²) in [6.45, 7) is 1.24. The number of thiazole rings is 1. The van der Waals surface area contributed by atoms with Crippen LogP contribution >= 0.6 is 22.9 Å². The molecule has 1 aromatic carbocycles. The van der Waals surface area contributed by atoms with Crippen molar-refractivity contribution in [1.82, 2.24) is 4.98 Å². The number of carbonyl (C=O) groups excluding carboxylic acids is 1. The molecule has 0 amide bonds. The van der Waals surface area contributed by atoms with Crippen LogP contribution in [0.1, 0.15) is 27.1 Å². The van der Waals surface area contributed by atoms with E-state index in [1.54, 1.807) is 0 Å². The van der Waals surface area contributed by atoms with Crippen LogP contribution in [0.2, 0.25) is 5.02 Å². The molecule has 0 bridgehead atoms. The van der Waals surface area contributed by atoms with Crippen molar-refractivity contribution in [1.29, 1.82) is 0 Å². The lowest BCUT2D eigenvalue weighted by atomic mass is 10.3. The predicted molar refractivity (Wildman–Crippen MR) is 73.8 cm³/mol. The van der Waals surface area contributed by atoms with Crippen molar-refractivity contribution in [2.75, 3.05) is 5.32 Å². The quantitative estimate of drug-likeness (QED) is 0.843. The monoisotopic (exact) mass is 314 g/mol. The smallest absolute Gasteiger partial charge is 0.356 e. The maximum Gasteiger partial charge on any atom is 0.356 e. The lowest BCUT2D eigenvalue weighted by molar-refractivity contribution is 0.0687. The van der Waals surface area contributed by atoms with E-state index in [2.05, 4.69) is 10.3 Å². The van der Waals surface area contributed by atoms with Crippen LogP contribution in [0.4, 0.5) is 15.2 Å². The first-order chi connectivity index (χ1) is 9.38. The van der Waals surface area contributed by atoms with Crippen LogP contribution in [0.5, 0.6) is 0 Å². The van der Waals surface area contributed by atoms with Gasteiger partial charge in [0.25, 0.3) is 0 Å². The molecule has 0 saturated heterocycles. The van der Waals surface area contributed by atoms with Crippen molar-refractivity contribution in [2.45, 2.75) is 6.92 Å².